The van der Waals surface area contributed by atoms with Crippen molar-refractivity contribution in [3.05, 3.63) is 29.8 Å². The molecular formula is C16H22F3N3O. The Morgan fingerprint density at radius 1 is 1.30 bits per heavy atom. The van der Waals surface area contributed by atoms with Crippen LogP contribution >= 0.6 is 0 Å². The Bertz CT molecular complexity index is 516. The lowest BCUT2D eigenvalue weighted by atomic mass is 9.98. The van der Waals surface area contributed by atoms with Crippen molar-refractivity contribution in [2.24, 2.45) is 5.92 Å². The number of benzene rings is 1. The third-order valence-corrected chi connectivity index (χ3v) is 4.07. The minimum absolute atomic E-state index is 0.342. The number of rotatable bonds is 4. The highest BCUT2D eigenvalue weighted by molar-refractivity contribution is 5.89. The van der Waals surface area contributed by atoms with Gasteiger partial charge < -0.3 is 15.5 Å². The van der Waals surface area contributed by atoms with E-state index in [9.17, 15) is 18.0 Å². The van der Waals surface area contributed by atoms with Gasteiger partial charge in [0.1, 0.15) is 0 Å². The van der Waals surface area contributed by atoms with E-state index in [1.165, 1.54) is 12.1 Å². The van der Waals surface area contributed by atoms with E-state index in [1.807, 2.05) is 0 Å². The number of carbonyl (C=O) groups excluding carboxylic acids is 1. The third kappa shape index (κ3) is 5.42. The summed E-state index contributed by atoms with van der Waals surface area (Å²) < 4.78 is 37.4. The molecule has 0 aromatic heterocycles. The Morgan fingerprint density at radius 2 is 2.00 bits per heavy atom. The largest absolute Gasteiger partial charge is 0.416 e. The zero-order valence-electron chi connectivity index (χ0n) is 13.1. The molecule has 0 radical (unpaired) electrons. The molecule has 1 fully saturated rings. The predicted molar refractivity (Wildman–Crippen MR) is 83.3 cm³/mol. The van der Waals surface area contributed by atoms with Crippen LogP contribution < -0.4 is 10.6 Å². The van der Waals surface area contributed by atoms with Gasteiger partial charge in [-0.15, -0.1) is 0 Å². The van der Waals surface area contributed by atoms with Crippen LogP contribution in [0.5, 0.6) is 0 Å². The summed E-state index contributed by atoms with van der Waals surface area (Å²) in [5, 5.41) is 5.35. The molecule has 1 saturated heterocycles. The summed E-state index contributed by atoms with van der Waals surface area (Å²) in [6.45, 7) is 5.77. The molecule has 2 amide bonds. The monoisotopic (exact) mass is 329 g/mol. The number of amides is 2. The van der Waals surface area contributed by atoms with Gasteiger partial charge in [-0.3, -0.25) is 0 Å². The fourth-order valence-corrected chi connectivity index (χ4v) is 2.76. The SMILES string of the molecule is CCN1CCC[C@@H](CNC(=O)Nc2ccc(C(F)(F)F)cc2)C1. The minimum Gasteiger partial charge on any atom is -0.338 e. The average Bonchev–Trinajstić information content (AvgIpc) is 2.53. The smallest absolute Gasteiger partial charge is 0.338 e. The molecule has 7 heteroatoms. The molecule has 0 unspecified atom stereocenters. The van der Waals surface area contributed by atoms with E-state index in [2.05, 4.69) is 22.5 Å². The fourth-order valence-electron chi connectivity index (χ4n) is 2.76. The van der Waals surface area contributed by atoms with Gasteiger partial charge in [-0.25, -0.2) is 4.79 Å². The van der Waals surface area contributed by atoms with E-state index < -0.39 is 17.8 Å². The third-order valence-electron chi connectivity index (χ3n) is 4.07. The van der Waals surface area contributed by atoms with Crippen LogP contribution in [-0.2, 0) is 6.18 Å². The lowest BCUT2D eigenvalue weighted by Crippen LogP contribution is -2.41. The first-order chi connectivity index (χ1) is 10.9. The summed E-state index contributed by atoms with van der Waals surface area (Å²) in [6, 6.07) is 4.02. The van der Waals surface area contributed by atoms with Crippen molar-refractivity contribution in [3.63, 3.8) is 0 Å². The predicted octanol–water partition coefficient (Wildman–Crippen LogP) is 3.56. The van der Waals surface area contributed by atoms with Crippen LogP contribution in [0.4, 0.5) is 23.7 Å². The van der Waals surface area contributed by atoms with Crippen molar-refractivity contribution < 1.29 is 18.0 Å². The number of piperidine rings is 1. The van der Waals surface area contributed by atoms with Crippen molar-refractivity contribution in [1.29, 1.82) is 0 Å². The van der Waals surface area contributed by atoms with Gasteiger partial charge in [0.2, 0.25) is 0 Å². The zero-order chi connectivity index (χ0) is 16.9. The van der Waals surface area contributed by atoms with Crippen molar-refractivity contribution in [2.75, 3.05) is 31.5 Å². The number of anilines is 1. The quantitative estimate of drug-likeness (QED) is 0.887. The lowest BCUT2D eigenvalue weighted by Gasteiger charge is -2.31. The van der Waals surface area contributed by atoms with Gasteiger partial charge in [-0.1, -0.05) is 6.92 Å². The maximum atomic E-state index is 12.5. The molecule has 0 bridgehead atoms. The molecule has 4 nitrogen and oxygen atoms in total. The Kier molecular flexibility index (Phi) is 5.87. The van der Waals surface area contributed by atoms with Crippen LogP contribution in [-0.4, -0.2) is 37.1 Å². The number of hydrogen-bond donors (Lipinski definition) is 2. The second-order valence-electron chi connectivity index (χ2n) is 5.81. The zero-order valence-corrected chi connectivity index (χ0v) is 13.1. The van der Waals surface area contributed by atoms with Crippen LogP contribution in [0.25, 0.3) is 0 Å². The molecule has 0 saturated carbocycles. The Morgan fingerprint density at radius 3 is 2.61 bits per heavy atom. The molecule has 23 heavy (non-hydrogen) atoms. The van der Waals surface area contributed by atoms with E-state index in [1.54, 1.807) is 0 Å². The van der Waals surface area contributed by atoms with E-state index in [0.717, 1.165) is 44.6 Å². The molecule has 1 aromatic carbocycles. The van der Waals surface area contributed by atoms with Gasteiger partial charge in [-0.2, -0.15) is 13.2 Å². The first-order valence-corrected chi connectivity index (χ1v) is 7.83. The average molecular weight is 329 g/mol. The van der Waals surface area contributed by atoms with Gasteiger partial charge in [-0.05, 0) is 56.1 Å². The standard InChI is InChI=1S/C16H22F3N3O/c1-2-22-9-3-4-12(11-22)10-20-15(23)21-14-7-5-13(6-8-14)16(17,18)19/h5-8,12H,2-4,9-11H2,1H3,(H2,20,21,23)/t12-/m0/s1. The molecular weight excluding hydrogens is 307 g/mol. The summed E-state index contributed by atoms with van der Waals surface area (Å²) >= 11 is 0. The maximum absolute atomic E-state index is 12.5. The highest BCUT2D eigenvalue weighted by Crippen LogP contribution is 2.29. The fraction of sp³-hybridized carbons (Fsp3) is 0.562. The first-order valence-electron chi connectivity index (χ1n) is 7.83. The molecule has 2 rings (SSSR count). The van der Waals surface area contributed by atoms with Gasteiger partial charge in [0, 0.05) is 18.8 Å². The van der Waals surface area contributed by atoms with Crippen LogP contribution in [0.1, 0.15) is 25.3 Å². The molecule has 2 N–H and O–H groups in total. The molecule has 128 valence electrons. The van der Waals surface area contributed by atoms with Crippen LogP contribution in [0, 0.1) is 5.92 Å². The summed E-state index contributed by atoms with van der Waals surface area (Å²) in [5.74, 6) is 0.419. The minimum atomic E-state index is -4.37. The van der Waals surface area contributed by atoms with Crippen molar-refractivity contribution in [3.8, 4) is 0 Å². The van der Waals surface area contributed by atoms with Crippen molar-refractivity contribution in [2.45, 2.75) is 25.9 Å². The van der Waals surface area contributed by atoms with Crippen LogP contribution in [0.3, 0.4) is 0 Å². The number of alkyl halides is 3. The molecule has 1 atom stereocenters. The highest BCUT2D eigenvalue weighted by Gasteiger charge is 2.30. The number of hydrogen-bond acceptors (Lipinski definition) is 2. The van der Waals surface area contributed by atoms with Crippen LogP contribution in [0.2, 0.25) is 0 Å². The lowest BCUT2D eigenvalue weighted by molar-refractivity contribution is -0.137. The van der Waals surface area contributed by atoms with Gasteiger partial charge >= 0.3 is 12.2 Å². The molecule has 0 aliphatic carbocycles. The summed E-state index contributed by atoms with van der Waals surface area (Å²) in [7, 11) is 0. The summed E-state index contributed by atoms with van der Waals surface area (Å²) in [4.78, 5) is 14.2. The van der Waals surface area contributed by atoms with Gasteiger partial charge in [0.15, 0.2) is 0 Å². The van der Waals surface area contributed by atoms with Crippen molar-refractivity contribution >= 4 is 11.7 Å². The van der Waals surface area contributed by atoms with Crippen molar-refractivity contribution in [1.82, 2.24) is 10.2 Å². The number of carbonyl (C=O) groups is 1. The Labute approximate surface area is 134 Å². The number of nitrogens with one attached hydrogen (secondary N) is 2. The number of likely N-dealkylation sites (tertiary alicyclic amines) is 1. The second-order valence-corrected chi connectivity index (χ2v) is 5.81. The highest BCUT2D eigenvalue weighted by atomic mass is 19.4. The number of halogens is 3. The molecule has 1 aliphatic heterocycles. The molecule has 0 spiro atoms. The van der Waals surface area contributed by atoms with Gasteiger partial charge in [0.05, 0.1) is 5.56 Å². The normalized spacial score (nSPS) is 19.4. The van der Waals surface area contributed by atoms with E-state index >= 15 is 0 Å². The number of nitrogens with zero attached hydrogens (tertiary/aromatic N) is 1. The summed E-state index contributed by atoms with van der Waals surface area (Å²) in [5.41, 5.74) is -0.389. The molecule has 1 heterocycles. The Hall–Kier alpha value is -1.76. The number of urea groups is 1. The van der Waals surface area contributed by atoms with Gasteiger partial charge in [0.25, 0.3) is 0 Å². The summed E-state index contributed by atoms with van der Waals surface area (Å²) in [6.07, 6.45) is -2.16. The second kappa shape index (κ2) is 7.68. The topological polar surface area (TPSA) is 44.4 Å². The van der Waals surface area contributed by atoms with E-state index in [4.69, 9.17) is 0 Å². The van der Waals surface area contributed by atoms with E-state index in [-0.39, 0.29) is 0 Å². The molecule has 1 aliphatic rings. The maximum Gasteiger partial charge on any atom is 0.416 e. The van der Waals surface area contributed by atoms with E-state index in [0.29, 0.717) is 18.2 Å². The first kappa shape index (κ1) is 17.6. The Balaban J connectivity index is 1.78. The van der Waals surface area contributed by atoms with Crippen LogP contribution in [0.15, 0.2) is 24.3 Å². The molecule has 1 aromatic rings.